The topological polar surface area (TPSA) is 110 Å². The first kappa shape index (κ1) is 25.4. The summed E-state index contributed by atoms with van der Waals surface area (Å²) in [4.78, 5) is 46.2. The molecule has 0 fully saturated rings. The van der Waals surface area contributed by atoms with Crippen LogP contribution in [0.5, 0.6) is 0 Å². The first-order valence-corrected chi connectivity index (χ1v) is 11.0. The molecule has 8 nitrogen and oxygen atoms in total. The summed E-state index contributed by atoms with van der Waals surface area (Å²) in [6.45, 7) is 11.0. The van der Waals surface area contributed by atoms with Gasteiger partial charge in [-0.05, 0) is 51.7 Å². The molecule has 1 amide bonds. The van der Waals surface area contributed by atoms with E-state index in [0.29, 0.717) is 6.42 Å². The van der Waals surface area contributed by atoms with Crippen LogP contribution in [0.15, 0.2) is 30.5 Å². The van der Waals surface area contributed by atoms with Gasteiger partial charge in [0, 0.05) is 23.5 Å². The minimum Gasteiger partial charge on any atom is -0.464 e. The van der Waals surface area contributed by atoms with E-state index in [0.717, 1.165) is 16.5 Å². The van der Waals surface area contributed by atoms with Gasteiger partial charge < -0.3 is 19.9 Å². The summed E-state index contributed by atoms with van der Waals surface area (Å²) in [5.41, 5.74) is 3.73. The fourth-order valence-corrected chi connectivity index (χ4v) is 3.19. The molecule has 0 aliphatic rings. The molecule has 2 aromatic rings. The maximum atomic E-state index is 13.1. The Bertz CT molecular complexity index is 929. The number of carbonyl (C=O) groups excluding carboxylic acids is 3. The molecule has 32 heavy (non-hydrogen) atoms. The van der Waals surface area contributed by atoms with E-state index in [1.165, 1.54) is 0 Å². The van der Waals surface area contributed by atoms with Crippen LogP contribution in [0.4, 0.5) is 0 Å². The number of fused-ring (bicyclic) bond motifs is 1. The Balaban J connectivity index is 2.18. The third kappa shape index (κ3) is 7.09. The molecule has 0 radical (unpaired) electrons. The van der Waals surface area contributed by atoms with Gasteiger partial charge in [0.15, 0.2) is 0 Å². The largest absolute Gasteiger partial charge is 0.464 e. The Hall–Kier alpha value is -2.87. The molecule has 0 saturated heterocycles. The van der Waals surface area contributed by atoms with Crippen molar-refractivity contribution in [2.75, 3.05) is 6.61 Å². The minimum absolute atomic E-state index is 0.154. The Morgan fingerprint density at radius 2 is 1.78 bits per heavy atom. The molecule has 0 aliphatic carbocycles. The van der Waals surface area contributed by atoms with Gasteiger partial charge >= 0.3 is 11.9 Å². The molecule has 1 aromatic heterocycles. The van der Waals surface area contributed by atoms with Gasteiger partial charge in [0.1, 0.15) is 12.1 Å². The molecule has 2 atom stereocenters. The monoisotopic (exact) mass is 445 g/mol. The number of rotatable bonds is 10. The zero-order chi connectivity index (χ0) is 23.9. The van der Waals surface area contributed by atoms with E-state index in [1.807, 2.05) is 44.3 Å². The van der Waals surface area contributed by atoms with E-state index in [-0.39, 0.29) is 18.9 Å². The number of hydrogen-bond donors (Lipinski definition) is 3. The van der Waals surface area contributed by atoms with E-state index >= 15 is 0 Å². The summed E-state index contributed by atoms with van der Waals surface area (Å²) in [5.74, 6) is -1.26. The number of ether oxygens (including phenoxy) is 1. The van der Waals surface area contributed by atoms with Gasteiger partial charge in [0.05, 0.1) is 12.0 Å². The molecular weight excluding hydrogens is 410 g/mol. The number of para-hydroxylation sites is 1. The Labute approximate surface area is 189 Å². The first-order valence-electron chi connectivity index (χ1n) is 11.0. The summed E-state index contributed by atoms with van der Waals surface area (Å²) < 4.78 is 5.20. The fraction of sp³-hybridized carbons (Fsp3) is 0.542. The van der Waals surface area contributed by atoms with Crippen molar-refractivity contribution in [1.29, 1.82) is 0 Å². The van der Waals surface area contributed by atoms with Crippen molar-refractivity contribution in [2.45, 2.75) is 66.5 Å². The summed E-state index contributed by atoms with van der Waals surface area (Å²) >= 11 is 0. The van der Waals surface area contributed by atoms with Crippen LogP contribution in [-0.4, -0.2) is 41.5 Å². The number of nitrogens with one attached hydrogen (secondary N) is 3. The van der Waals surface area contributed by atoms with Crippen LogP contribution >= 0.6 is 0 Å². The lowest BCUT2D eigenvalue weighted by atomic mass is 9.98. The van der Waals surface area contributed by atoms with Gasteiger partial charge in [-0.3, -0.25) is 4.79 Å². The predicted molar refractivity (Wildman–Crippen MR) is 122 cm³/mol. The number of esters is 1. The molecule has 0 saturated carbocycles. The number of H-pyrrole nitrogens is 1. The molecule has 0 spiro atoms. The van der Waals surface area contributed by atoms with Gasteiger partial charge in [-0.2, -0.15) is 0 Å². The Morgan fingerprint density at radius 3 is 2.41 bits per heavy atom. The van der Waals surface area contributed by atoms with E-state index in [2.05, 4.69) is 15.8 Å². The number of hydrogen-bond acceptors (Lipinski definition) is 6. The van der Waals surface area contributed by atoms with Crippen LogP contribution in [0.3, 0.4) is 0 Å². The molecule has 0 aliphatic heterocycles. The molecule has 1 aromatic carbocycles. The highest BCUT2D eigenvalue weighted by Gasteiger charge is 2.30. The third-order valence-corrected chi connectivity index (χ3v) is 4.92. The number of hydroxylamine groups is 1. The van der Waals surface area contributed by atoms with Gasteiger partial charge in [0.25, 0.3) is 0 Å². The summed E-state index contributed by atoms with van der Waals surface area (Å²) in [7, 11) is 0. The third-order valence-electron chi connectivity index (χ3n) is 4.92. The van der Waals surface area contributed by atoms with E-state index in [9.17, 15) is 14.4 Å². The van der Waals surface area contributed by atoms with Crippen molar-refractivity contribution in [3.8, 4) is 0 Å². The molecule has 176 valence electrons. The first-order chi connectivity index (χ1) is 15.0. The van der Waals surface area contributed by atoms with E-state index in [1.54, 1.807) is 27.7 Å². The SMILES string of the molecule is CCOC(=O)C(Cc1c[nH]c2ccccc12)NC(=O)C(CC(C)C)NOC(=O)C(C)(C)C. The van der Waals surface area contributed by atoms with Crippen LogP contribution in [0, 0.1) is 11.3 Å². The molecular formula is C24H35N3O5. The van der Waals surface area contributed by atoms with Crippen LogP contribution in [0.25, 0.3) is 10.9 Å². The smallest absolute Gasteiger partial charge is 0.330 e. The maximum absolute atomic E-state index is 13.1. The molecule has 2 rings (SSSR count). The zero-order valence-electron chi connectivity index (χ0n) is 19.8. The van der Waals surface area contributed by atoms with Crippen molar-refractivity contribution in [3.63, 3.8) is 0 Å². The van der Waals surface area contributed by atoms with Crippen LogP contribution in [0.1, 0.15) is 53.5 Å². The van der Waals surface area contributed by atoms with Crippen LogP contribution in [-0.2, 0) is 30.4 Å². The lowest BCUT2D eigenvalue weighted by Crippen LogP contribution is -2.52. The fourth-order valence-electron chi connectivity index (χ4n) is 3.19. The standard InChI is InChI=1S/C24H35N3O5/c1-7-31-22(29)20(13-16-14-25-18-11-9-8-10-17(16)18)26-21(28)19(12-15(2)3)27-32-23(30)24(4,5)6/h8-11,14-15,19-20,25,27H,7,12-13H2,1-6H3,(H,26,28). The van der Waals surface area contributed by atoms with Gasteiger partial charge in [0.2, 0.25) is 5.91 Å². The van der Waals surface area contributed by atoms with Crippen molar-refractivity contribution < 1.29 is 24.0 Å². The lowest BCUT2D eigenvalue weighted by molar-refractivity contribution is -0.164. The molecule has 1 heterocycles. The zero-order valence-corrected chi connectivity index (χ0v) is 19.8. The number of aromatic amines is 1. The van der Waals surface area contributed by atoms with E-state index in [4.69, 9.17) is 9.57 Å². The Morgan fingerprint density at radius 1 is 1.09 bits per heavy atom. The lowest BCUT2D eigenvalue weighted by Gasteiger charge is -2.24. The Kier molecular flexibility index (Phi) is 8.83. The quantitative estimate of drug-likeness (QED) is 0.383. The van der Waals surface area contributed by atoms with E-state index < -0.39 is 35.3 Å². The number of carbonyl (C=O) groups is 3. The van der Waals surface area contributed by atoms with Gasteiger partial charge in [-0.1, -0.05) is 32.0 Å². The highest BCUT2D eigenvalue weighted by molar-refractivity contribution is 5.89. The summed E-state index contributed by atoms with van der Waals surface area (Å²) in [6, 6.07) is 6.07. The van der Waals surface area contributed by atoms with Crippen molar-refractivity contribution in [2.24, 2.45) is 11.3 Å². The minimum atomic E-state index is -0.878. The molecule has 0 bridgehead atoms. The molecule has 8 heteroatoms. The average molecular weight is 446 g/mol. The predicted octanol–water partition coefficient (Wildman–Crippen LogP) is 3.27. The van der Waals surface area contributed by atoms with Crippen LogP contribution in [0.2, 0.25) is 0 Å². The number of amides is 1. The molecule has 2 unspecified atom stereocenters. The second kappa shape index (κ2) is 11.1. The second-order valence-corrected chi connectivity index (χ2v) is 9.32. The maximum Gasteiger partial charge on any atom is 0.330 e. The highest BCUT2D eigenvalue weighted by atomic mass is 16.7. The van der Waals surface area contributed by atoms with Gasteiger partial charge in [-0.25, -0.2) is 9.59 Å². The highest BCUT2D eigenvalue weighted by Crippen LogP contribution is 2.20. The summed E-state index contributed by atoms with van der Waals surface area (Å²) in [6.07, 6.45) is 2.52. The molecule has 3 N–H and O–H groups in total. The van der Waals surface area contributed by atoms with Crippen molar-refractivity contribution in [1.82, 2.24) is 15.8 Å². The number of aromatic nitrogens is 1. The van der Waals surface area contributed by atoms with Crippen molar-refractivity contribution in [3.05, 3.63) is 36.0 Å². The van der Waals surface area contributed by atoms with Gasteiger partial charge in [-0.15, -0.1) is 5.48 Å². The number of benzene rings is 1. The van der Waals surface area contributed by atoms with Crippen molar-refractivity contribution >= 4 is 28.7 Å². The normalized spacial score (nSPS) is 13.6. The average Bonchev–Trinajstić information content (AvgIpc) is 3.12. The summed E-state index contributed by atoms with van der Waals surface area (Å²) in [5, 5.41) is 3.77. The second-order valence-electron chi connectivity index (χ2n) is 9.32. The van der Waals surface area contributed by atoms with Crippen LogP contribution < -0.4 is 10.8 Å².